The molecule has 0 bridgehead atoms. The molecular formula is C24H32Cl2N4O4S. The number of carbonyl (C=O) groups excluding carboxylic acids is 2. The van der Waals surface area contributed by atoms with Crippen LogP contribution in [0.25, 0.3) is 0 Å². The molecule has 0 aliphatic rings. The van der Waals surface area contributed by atoms with E-state index in [0.717, 1.165) is 15.0 Å². The number of hydrogen-bond acceptors (Lipinski definition) is 4. The van der Waals surface area contributed by atoms with Crippen molar-refractivity contribution in [2.24, 2.45) is 0 Å². The fraction of sp³-hybridized carbons (Fsp3) is 0.417. The summed E-state index contributed by atoms with van der Waals surface area (Å²) < 4.78 is 28.2. The molecular weight excluding hydrogens is 511 g/mol. The van der Waals surface area contributed by atoms with E-state index in [1.807, 2.05) is 13.8 Å². The number of amides is 2. The highest BCUT2D eigenvalue weighted by atomic mass is 35.5. The molecule has 11 heteroatoms. The molecule has 0 saturated carbocycles. The number of para-hydroxylation sites is 1. The second-order valence-electron chi connectivity index (χ2n) is 8.38. The Morgan fingerprint density at radius 2 is 1.66 bits per heavy atom. The second kappa shape index (κ2) is 12.6. The zero-order valence-electron chi connectivity index (χ0n) is 20.5. The van der Waals surface area contributed by atoms with Crippen molar-refractivity contribution in [2.45, 2.75) is 45.8 Å². The van der Waals surface area contributed by atoms with Crippen LogP contribution in [0.4, 0.5) is 5.69 Å². The van der Waals surface area contributed by atoms with Gasteiger partial charge < -0.3 is 10.2 Å². The summed E-state index contributed by atoms with van der Waals surface area (Å²) in [6, 6.07) is 12.2. The van der Waals surface area contributed by atoms with Crippen LogP contribution in [-0.4, -0.2) is 62.2 Å². The third kappa shape index (κ3) is 7.57. The molecule has 0 aliphatic carbocycles. The second-order valence-corrected chi connectivity index (χ2v) is 11.3. The van der Waals surface area contributed by atoms with Gasteiger partial charge in [0.2, 0.25) is 11.8 Å². The van der Waals surface area contributed by atoms with Crippen LogP contribution in [0.1, 0.15) is 32.8 Å². The van der Waals surface area contributed by atoms with Gasteiger partial charge in [0.1, 0.15) is 12.6 Å². The molecule has 0 fully saturated rings. The van der Waals surface area contributed by atoms with Gasteiger partial charge in [0.15, 0.2) is 0 Å². The van der Waals surface area contributed by atoms with Crippen LogP contribution in [0, 0.1) is 0 Å². The molecule has 8 nitrogen and oxygen atoms in total. The van der Waals surface area contributed by atoms with E-state index in [1.165, 1.54) is 19.0 Å². The summed E-state index contributed by atoms with van der Waals surface area (Å²) in [6.45, 7) is 4.90. The molecule has 0 saturated heterocycles. The Morgan fingerprint density at radius 1 is 1.03 bits per heavy atom. The molecule has 0 radical (unpaired) electrons. The lowest BCUT2D eigenvalue weighted by Crippen LogP contribution is -2.53. The van der Waals surface area contributed by atoms with Gasteiger partial charge in [0.25, 0.3) is 0 Å². The van der Waals surface area contributed by atoms with Gasteiger partial charge in [-0.15, -0.1) is 0 Å². The van der Waals surface area contributed by atoms with Gasteiger partial charge in [-0.1, -0.05) is 54.4 Å². The number of nitrogens with one attached hydrogen (secondary N) is 1. The highest BCUT2D eigenvalue weighted by Crippen LogP contribution is 2.24. The minimum absolute atomic E-state index is 0.00539. The number of rotatable bonds is 11. The highest BCUT2D eigenvalue weighted by Gasteiger charge is 2.33. The molecule has 0 spiro atoms. The predicted octanol–water partition coefficient (Wildman–Crippen LogP) is 3.94. The standard InChI is InChI=1S/C24H32Cl2N4O4S/c1-6-17(2)27-24(32)18(3)29(15-19-12-13-20(25)14-22(19)26)23(31)16-30(35(33,34)28(4)5)21-10-8-7-9-11-21/h7-14,17-18H,6,15-16H2,1-5H3,(H,27,32). The predicted molar refractivity (Wildman–Crippen MR) is 141 cm³/mol. The third-order valence-corrected chi connectivity index (χ3v) is 7.99. The first-order valence-electron chi connectivity index (χ1n) is 11.2. The van der Waals surface area contributed by atoms with Crippen molar-refractivity contribution < 1.29 is 18.0 Å². The third-order valence-electron chi connectivity index (χ3n) is 5.59. The van der Waals surface area contributed by atoms with Gasteiger partial charge in [-0.2, -0.15) is 12.7 Å². The molecule has 2 amide bonds. The number of anilines is 1. The van der Waals surface area contributed by atoms with Crippen molar-refractivity contribution in [3.05, 3.63) is 64.1 Å². The van der Waals surface area contributed by atoms with Crippen molar-refractivity contribution >= 4 is 50.9 Å². The molecule has 1 N–H and O–H groups in total. The average molecular weight is 544 g/mol. The van der Waals surface area contributed by atoms with E-state index in [4.69, 9.17) is 23.2 Å². The van der Waals surface area contributed by atoms with Gasteiger partial charge in [0, 0.05) is 36.7 Å². The van der Waals surface area contributed by atoms with Crippen molar-refractivity contribution in [2.75, 3.05) is 24.9 Å². The normalized spacial score (nSPS) is 13.3. The Morgan fingerprint density at radius 3 is 2.20 bits per heavy atom. The minimum Gasteiger partial charge on any atom is -0.352 e. The molecule has 0 aromatic heterocycles. The molecule has 0 heterocycles. The maximum Gasteiger partial charge on any atom is 0.304 e. The number of benzene rings is 2. The lowest BCUT2D eigenvalue weighted by Gasteiger charge is -2.33. The van der Waals surface area contributed by atoms with E-state index < -0.39 is 28.7 Å². The maximum atomic E-state index is 13.6. The Bertz CT molecular complexity index is 1130. The van der Waals surface area contributed by atoms with E-state index in [1.54, 1.807) is 55.5 Å². The molecule has 2 aromatic carbocycles. The van der Waals surface area contributed by atoms with E-state index in [0.29, 0.717) is 21.3 Å². The van der Waals surface area contributed by atoms with Crippen LogP contribution in [0.15, 0.2) is 48.5 Å². The molecule has 0 aliphatic heterocycles. The van der Waals surface area contributed by atoms with E-state index >= 15 is 0 Å². The summed E-state index contributed by atoms with van der Waals surface area (Å²) in [4.78, 5) is 27.9. The minimum atomic E-state index is -4.00. The van der Waals surface area contributed by atoms with Crippen molar-refractivity contribution in [1.82, 2.24) is 14.5 Å². The number of carbonyl (C=O) groups is 2. The zero-order valence-corrected chi connectivity index (χ0v) is 22.9. The maximum absolute atomic E-state index is 13.6. The Hall–Kier alpha value is -2.33. The summed E-state index contributed by atoms with van der Waals surface area (Å²) >= 11 is 12.4. The van der Waals surface area contributed by atoms with Gasteiger partial charge in [-0.05, 0) is 50.1 Å². The number of halogens is 2. The highest BCUT2D eigenvalue weighted by molar-refractivity contribution is 7.90. The molecule has 2 aromatic rings. The van der Waals surface area contributed by atoms with Crippen LogP contribution in [0.5, 0.6) is 0 Å². The van der Waals surface area contributed by atoms with Crippen molar-refractivity contribution in [1.29, 1.82) is 0 Å². The fourth-order valence-electron chi connectivity index (χ4n) is 3.19. The van der Waals surface area contributed by atoms with E-state index in [9.17, 15) is 18.0 Å². The van der Waals surface area contributed by atoms with Crippen molar-refractivity contribution in [3.8, 4) is 0 Å². The first-order chi connectivity index (χ1) is 16.4. The lowest BCUT2D eigenvalue weighted by molar-refractivity contribution is -0.139. The SMILES string of the molecule is CCC(C)NC(=O)C(C)N(Cc1ccc(Cl)cc1Cl)C(=O)CN(c1ccccc1)S(=O)(=O)N(C)C. The van der Waals surface area contributed by atoms with Gasteiger partial charge >= 0.3 is 10.2 Å². The number of hydrogen-bond donors (Lipinski definition) is 1. The van der Waals surface area contributed by atoms with Crippen LogP contribution < -0.4 is 9.62 Å². The van der Waals surface area contributed by atoms with Crippen LogP contribution in [0.3, 0.4) is 0 Å². The average Bonchev–Trinajstić information content (AvgIpc) is 2.81. The molecule has 192 valence electrons. The Labute approximate surface area is 218 Å². The summed E-state index contributed by atoms with van der Waals surface area (Å²) in [5.41, 5.74) is 0.907. The molecule has 2 atom stereocenters. The summed E-state index contributed by atoms with van der Waals surface area (Å²) in [5, 5.41) is 3.66. The fourth-order valence-corrected chi connectivity index (χ4v) is 4.72. The van der Waals surface area contributed by atoms with Crippen LogP contribution >= 0.6 is 23.2 Å². The van der Waals surface area contributed by atoms with Crippen LogP contribution in [-0.2, 0) is 26.3 Å². The van der Waals surface area contributed by atoms with E-state index in [-0.39, 0.29) is 18.5 Å². The number of nitrogens with zero attached hydrogens (tertiary/aromatic N) is 3. The van der Waals surface area contributed by atoms with Crippen LogP contribution in [0.2, 0.25) is 10.0 Å². The monoisotopic (exact) mass is 542 g/mol. The quantitative estimate of drug-likeness (QED) is 0.465. The molecule has 2 unspecified atom stereocenters. The molecule has 2 rings (SSSR count). The van der Waals surface area contributed by atoms with Gasteiger partial charge in [-0.3, -0.25) is 9.59 Å². The van der Waals surface area contributed by atoms with Crippen molar-refractivity contribution in [3.63, 3.8) is 0 Å². The van der Waals surface area contributed by atoms with Gasteiger partial charge in [0.05, 0.1) is 5.69 Å². The topological polar surface area (TPSA) is 90.0 Å². The van der Waals surface area contributed by atoms with E-state index in [2.05, 4.69) is 5.32 Å². The zero-order chi connectivity index (χ0) is 26.3. The Kier molecular flexibility index (Phi) is 10.4. The smallest absolute Gasteiger partial charge is 0.304 e. The van der Waals surface area contributed by atoms with Gasteiger partial charge in [-0.25, -0.2) is 4.31 Å². The summed E-state index contributed by atoms with van der Waals surface area (Å²) in [7, 11) is -1.22. The summed E-state index contributed by atoms with van der Waals surface area (Å²) in [5.74, 6) is -0.906. The first kappa shape index (κ1) is 28.9. The Balaban J connectivity index is 2.46. The summed E-state index contributed by atoms with van der Waals surface area (Å²) in [6.07, 6.45) is 0.721. The lowest BCUT2D eigenvalue weighted by atomic mass is 10.1. The first-order valence-corrected chi connectivity index (χ1v) is 13.3. The largest absolute Gasteiger partial charge is 0.352 e. The molecule has 35 heavy (non-hydrogen) atoms.